The zero-order valence-electron chi connectivity index (χ0n) is 25.5. The van der Waals surface area contributed by atoms with E-state index in [1.807, 2.05) is 26.0 Å². The molecule has 0 saturated carbocycles. The molecule has 5 rings (SSSR count). The maximum Gasteiger partial charge on any atom is 0.193 e. The Morgan fingerprint density at radius 2 is 1.15 bits per heavy atom. The number of rotatable bonds is 6. The first-order valence-corrected chi connectivity index (χ1v) is 14.3. The summed E-state index contributed by atoms with van der Waals surface area (Å²) in [6, 6.07) is 31.9. The Morgan fingerprint density at radius 3 is 1.78 bits per heavy atom. The van der Waals surface area contributed by atoms with Crippen molar-refractivity contribution in [1.29, 1.82) is 0 Å². The fourth-order valence-electron chi connectivity index (χ4n) is 6.53. The normalized spacial score (nSPS) is 11.0. The third-order valence-electron chi connectivity index (χ3n) is 7.95. The number of hydrogen-bond donors (Lipinski definition) is 0. The lowest BCUT2D eigenvalue weighted by Crippen LogP contribution is -2.14. The van der Waals surface area contributed by atoms with Crippen molar-refractivity contribution in [3.05, 3.63) is 147 Å². The van der Waals surface area contributed by atoms with Crippen LogP contribution in [0.3, 0.4) is 0 Å². The van der Waals surface area contributed by atoms with Gasteiger partial charge in [-0.25, -0.2) is 0 Å². The van der Waals surface area contributed by atoms with E-state index in [1.54, 1.807) is 0 Å². The highest BCUT2D eigenvalue weighted by molar-refractivity contribution is 6.11. The molecular weight excluding hydrogens is 498 g/mol. The lowest BCUT2D eigenvalue weighted by Gasteiger charge is -2.31. The number of carbonyl (C=O) groups is 1. The quantitative estimate of drug-likeness (QED) is 0.201. The molecule has 0 bridgehead atoms. The van der Waals surface area contributed by atoms with E-state index in [1.165, 1.54) is 44.6 Å². The number of aryl methyl sites for hydroxylation is 7. The molecule has 0 N–H and O–H groups in total. The Labute approximate surface area is 245 Å². The van der Waals surface area contributed by atoms with Crippen LogP contribution in [-0.2, 0) is 0 Å². The van der Waals surface area contributed by atoms with Gasteiger partial charge in [0.15, 0.2) is 5.78 Å². The Hall–Kier alpha value is -4.43. The van der Waals surface area contributed by atoms with Crippen LogP contribution in [-0.4, -0.2) is 5.78 Å². The molecule has 0 spiro atoms. The molecule has 0 aliphatic rings. The zero-order chi connectivity index (χ0) is 29.4. The fraction of sp³-hybridized carbons (Fsp3) is 0.205. The van der Waals surface area contributed by atoms with Gasteiger partial charge in [-0.2, -0.15) is 0 Å². The van der Waals surface area contributed by atoms with Crippen LogP contribution in [0.25, 0.3) is 11.1 Å². The average molecular weight is 538 g/mol. The monoisotopic (exact) mass is 537 g/mol. The third-order valence-corrected chi connectivity index (χ3v) is 7.95. The molecule has 0 radical (unpaired) electrons. The number of anilines is 3. The minimum atomic E-state index is 0.0747. The lowest BCUT2D eigenvalue weighted by molar-refractivity contribution is 0.103. The van der Waals surface area contributed by atoms with Gasteiger partial charge in [0.05, 0.1) is 5.69 Å². The molecule has 0 saturated heterocycles. The molecule has 0 atom stereocenters. The molecule has 2 nitrogen and oxygen atoms in total. The molecular formula is C39H39NO. The van der Waals surface area contributed by atoms with Crippen molar-refractivity contribution in [1.82, 2.24) is 0 Å². The Morgan fingerprint density at radius 1 is 0.537 bits per heavy atom. The van der Waals surface area contributed by atoms with Gasteiger partial charge < -0.3 is 4.90 Å². The summed E-state index contributed by atoms with van der Waals surface area (Å²) in [7, 11) is 0. The van der Waals surface area contributed by atoms with Gasteiger partial charge in [-0.1, -0.05) is 66.2 Å². The second-order valence-electron chi connectivity index (χ2n) is 11.6. The maximum atomic E-state index is 13.8. The van der Waals surface area contributed by atoms with Crippen LogP contribution in [0, 0.1) is 55.4 Å². The minimum absolute atomic E-state index is 0.0747. The van der Waals surface area contributed by atoms with E-state index in [0.717, 1.165) is 33.6 Å². The highest BCUT2D eigenvalue weighted by atomic mass is 16.1. The molecule has 0 fully saturated rings. The van der Waals surface area contributed by atoms with Gasteiger partial charge in [0.2, 0.25) is 0 Å². The maximum absolute atomic E-state index is 13.8. The molecule has 206 valence electrons. The van der Waals surface area contributed by atoms with Crippen molar-refractivity contribution in [3.63, 3.8) is 0 Å². The Kier molecular flexibility index (Phi) is 7.69. The summed E-state index contributed by atoms with van der Waals surface area (Å²) in [5.41, 5.74) is 16.5. The van der Waals surface area contributed by atoms with Crippen LogP contribution in [0.4, 0.5) is 17.1 Å². The standard InChI is InChI=1S/C39H39NO/c1-24-17-25(2)21-35(20-24)40(34-15-10-9-11-16-34)38-30(7)22-29(6)37(31(38)8)32-13-12-14-33(23-32)39(41)36-27(4)18-26(3)19-28(36)5/h9-23H,1-8H3. The first-order chi connectivity index (χ1) is 19.5. The van der Waals surface area contributed by atoms with Crippen LogP contribution < -0.4 is 4.90 Å². The van der Waals surface area contributed by atoms with Gasteiger partial charge in [-0.05, 0) is 136 Å². The first kappa shape index (κ1) is 28.1. The molecule has 0 heterocycles. The lowest BCUT2D eigenvalue weighted by atomic mass is 9.88. The molecule has 0 amide bonds. The van der Waals surface area contributed by atoms with E-state index in [-0.39, 0.29) is 5.78 Å². The number of carbonyl (C=O) groups excluding carboxylic acids is 1. The molecule has 0 unspecified atom stereocenters. The van der Waals surface area contributed by atoms with Crippen molar-refractivity contribution in [2.75, 3.05) is 4.90 Å². The van der Waals surface area contributed by atoms with E-state index < -0.39 is 0 Å². The average Bonchev–Trinajstić information content (AvgIpc) is 2.90. The van der Waals surface area contributed by atoms with Crippen molar-refractivity contribution in [2.24, 2.45) is 0 Å². The Bertz CT molecular complexity index is 1730. The first-order valence-electron chi connectivity index (χ1n) is 14.3. The molecule has 5 aromatic rings. The summed E-state index contributed by atoms with van der Waals surface area (Å²) in [5.74, 6) is 0.0747. The second kappa shape index (κ2) is 11.2. The smallest absolute Gasteiger partial charge is 0.193 e. The van der Waals surface area contributed by atoms with E-state index in [0.29, 0.717) is 5.56 Å². The Balaban J connectivity index is 1.70. The summed E-state index contributed by atoms with van der Waals surface area (Å²) in [4.78, 5) is 16.2. The van der Waals surface area contributed by atoms with Crippen LogP contribution in [0.15, 0.2) is 91.0 Å². The second-order valence-corrected chi connectivity index (χ2v) is 11.6. The van der Waals surface area contributed by atoms with E-state index in [2.05, 4.69) is 125 Å². The molecule has 5 aromatic carbocycles. The minimum Gasteiger partial charge on any atom is -0.310 e. The van der Waals surface area contributed by atoms with Gasteiger partial charge in [0.25, 0.3) is 0 Å². The number of para-hydroxylation sites is 1. The predicted molar refractivity (Wildman–Crippen MR) is 174 cm³/mol. The summed E-state index contributed by atoms with van der Waals surface area (Å²) in [6.07, 6.45) is 0. The van der Waals surface area contributed by atoms with Crippen molar-refractivity contribution < 1.29 is 4.79 Å². The molecule has 0 aliphatic carbocycles. The number of nitrogens with zero attached hydrogens (tertiary/aromatic N) is 1. The van der Waals surface area contributed by atoms with Gasteiger partial charge >= 0.3 is 0 Å². The molecule has 41 heavy (non-hydrogen) atoms. The van der Waals surface area contributed by atoms with E-state index in [4.69, 9.17) is 0 Å². The van der Waals surface area contributed by atoms with Crippen molar-refractivity contribution >= 4 is 22.8 Å². The van der Waals surface area contributed by atoms with Crippen LogP contribution in [0.1, 0.15) is 60.4 Å². The number of hydrogen-bond acceptors (Lipinski definition) is 2. The largest absolute Gasteiger partial charge is 0.310 e. The van der Waals surface area contributed by atoms with Crippen LogP contribution in [0.2, 0.25) is 0 Å². The summed E-state index contributed by atoms with van der Waals surface area (Å²) in [5, 5.41) is 0. The zero-order valence-corrected chi connectivity index (χ0v) is 25.5. The predicted octanol–water partition coefficient (Wildman–Crippen LogP) is 10.5. The van der Waals surface area contributed by atoms with Crippen LogP contribution >= 0.6 is 0 Å². The van der Waals surface area contributed by atoms with Crippen molar-refractivity contribution in [2.45, 2.75) is 55.4 Å². The van der Waals surface area contributed by atoms with Gasteiger partial charge in [-0.3, -0.25) is 4.79 Å². The summed E-state index contributed by atoms with van der Waals surface area (Å²) in [6.45, 7) is 17.0. The van der Waals surface area contributed by atoms with Crippen LogP contribution in [0.5, 0.6) is 0 Å². The third kappa shape index (κ3) is 5.47. The topological polar surface area (TPSA) is 20.3 Å². The molecule has 2 heteroatoms. The fourth-order valence-corrected chi connectivity index (χ4v) is 6.53. The highest BCUT2D eigenvalue weighted by Crippen LogP contribution is 2.43. The number of ketones is 1. The summed E-state index contributed by atoms with van der Waals surface area (Å²) >= 11 is 0. The molecule has 0 aliphatic heterocycles. The van der Waals surface area contributed by atoms with E-state index in [9.17, 15) is 4.79 Å². The van der Waals surface area contributed by atoms with Gasteiger partial charge in [0, 0.05) is 22.5 Å². The SMILES string of the molecule is Cc1cc(C)cc(N(c2ccccc2)c2c(C)cc(C)c(-c3cccc(C(=O)c4c(C)cc(C)cc4C)c3)c2C)c1. The van der Waals surface area contributed by atoms with Gasteiger partial charge in [-0.15, -0.1) is 0 Å². The van der Waals surface area contributed by atoms with Crippen molar-refractivity contribution in [3.8, 4) is 11.1 Å². The summed E-state index contributed by atoms with van der Waals surface area (Å²) < 4.78 is 0. The van der Waals surface area contributed by atoms with E-state index >= 15 is 0 Å². The highest BCUT2D eigenvalue weighted by Gasteiger charge is 2.22. The number of benzene rings is 5. The van der Waals surface area contributed by atoms with Gasteiger partial charge in [0.1, 0.15) is 0 Å². The molecule has 0 aromatic heterocycles.